The second-order valence-electron chi connectivity index (χ2n) is 6.07. The van der Waals surface area contributed by atoms with E-state index in [-0.39, 0.29) is 5.41 Å². The van der Waals surface area contributed by atoms with E-state index in [4.69, 9.17) is 9.47 Å². The first-order valence-electron chi connectivity index (χ1n) is 6.75. The maximum absolute atomic E-state index is 5.83. The minimum absolute atomic E-state index is 0.191. The van der Waals surface area contributed by atoms with Gasteiger partial charge in [0.1, 0.15) is 5.75 Å². The van der Waals surface area contributed by atoms with Crippen molar-refractivity contribution in [3.63, 3.8) is 0 Å². The van der Waals surface area contributed by atoms with Crippen LogP contribution in [0.5, 0.6) is 5.75 Å². The number of methoxy groups -OCH3 is 1. The van der Waals surface area contributed by atoms with Crippen molar-refractivity contribution in [2.75, 3.05) is 19.0 Å². The maximum Gasteiger partial charge on any atom is 0.122 e. The third kappa shape index (κ3) is 2.15. The van der Waals surface area contributed by atoms with Crippen LogP contribution < -0.4 is 10.1 Å². The lowest BCUT2D eigenvalue weighted by Crippen LogP contribution is -2.63. The third-order valence-corrected chi connectivity index (χ3v) is 4.99. The highest BCUT2D eigenvalue weighted by Gasteiger charge is 2.59. The van der Waals surface area contributed by atoms with Crippen LogP contribution in [0, 0.1) is 11.3 Å². The van der Waals surface area contributed by atoms with Crippen LogP contribution in [0.4, 0.5) is 5.69 Å². The molecular weight excluding hydrogens is 306 g/mol. The van der Waals surface area contributed by atoms with Crippen molar-refractivity contribution in [1.82, 2.24) is 0 Å². The van der Waals surface area contributed by atoms with E-state index in [1.807, 2.05) is 12.1 Å². The van der Waals surface area contributed by atoms with Crippen molar-refractivity contribution in [3.05, 3.63) is 22.7 Å². The fourth-order valence-electron chi connectivity index (χ4n) is 3.56. The van der Waals surface area contributed by atoms with E-state index in [1.54, 1.807) is 7.11 Å². The SMILES string of the molecule is COc1cc(Br)cc(NC2C3CCOC3C2(C)C)c1. The highest BCUT2D eigenvalue weighted by molar-refractivity contribution is 9.10. The molecule has 1 aliphatic heterocycles. The van der Waals surface area contributed by atoms with Gasteiger partial charge in [0.05, 0.1) is 13.2 Å². The van der Waals surface area contributed by atoms with E-state index in [2.05, 4.69) is 41.2 Å². The van der Waals surface area contributed by atoms with E-state index in [9.17, 15) is 0 Å². The van der Waals surface area contributed by atoms with Crippen LogP contribution >= 0.6 is 15.9 Å². The lowest BCUT2D eigenvalue weighted by atomic mass is 9.57. The Morgan fingerprint density at radius 3 is 2.89 bits per heavy atom. The summed E-state index contributed by atoms with van der Waals surface area (Å²) in [5, 5.41) is 3.67. The zero-order valence-electron chi connectivity index (χ0n) is 11.6. The van der Waals surface area contributed by atoms with Gasteiger partial charge in [-0.3, -0.25) is 0 Å². The van der Waals surface area contributed by atoms with Gasteiger partial charge >= 0.3 is 0 Å². The molecule has 1 heterocycles. The molecule has 4 heteroatoms. The molecule has 19 heavy (non-hydrogen) atoms. The Labute approximate surface area is 122 Å². The van der Waals surface area contributed by atoms with Gasteiger partial charge in [0.25, 0.3) is 0 Å². The molecule has 0 bridgehead atoms. The lowest BCUT2D eigenvalue weighted by Gasteiger charge is -2.55. The standard InChI is InChI=1S/C15H20BrNO2/c1-15(2)13(12-4-5-19-14(12)15)17-10-6-9(16)7-11(8-10)18-3/h6-8,12-14,17H,4-5H2,1-3H3. The Hall–Kier alpha value is -0.740. The number of rotatable bonds is 3. The summed E-state index contributed by atoms with van der Waals surface area (Å²) in [6.07, 6.45) is 1.58. The Kier molecular flexibility index (Phi) is 3.26. The monoisotopic (exact) mass is 325 g/mol. The number of halogens is 1. The second-order valence-corrected chi connectivity index (χ2v) is 6.98. The molecule has 1 N–H and O–H groups in total. The third-order valence-electron chi connectivity index (χ3n) is 4.53. The van der Waals surface area contributed by atoms with Crippen molar-refractivity contribution < 1.29 is 9.47 Å². The Balaban J connectivity index is 1.80. The Bertz CT molecular complexity index is 489. The minimum Gasteiger partial charge on any atom is -0.497 e. The van der Waals surface area contributed by atoms with Crippen molar-refractivity contribution in [1.29, 1.82) is 0 Å². The van der Waals surface area contributed by atoms with E-state index in [0.29, 0.717) is 18.1 Å². The minimum atomic E-state index is 0.191. The lowest BCUT2D eigenvalue weighted by molar-refractivity contribution is -0.0923. The van der Waals surface area contributed by atoms with Gasteiger partial charge in [-0.15, -0.1) is 0 Å². The van der Waals surface area contributed by atoms with Gasteiger partial charge in [-0.25, -0.2) is 0 Å². The summed E-state index contributed by atoms with van der Waals surface area (Å²) >= 11 is 3.52. The van der Waals surface area contributed by atoms with Gasteiger partial charge in [0.2, 0.25) is 0 Å². The van der Waals surface area contributed by atoms with E-state index in [0.717, 1.165) is 28.9 Å². The number of anilines is 1. The molecule has 1 aromatic carbocycles. The van der Waals surface area contributed by atoms with E-state index in [1.165, 1.54) is 0 Å². The number of ether oxygens (including phenoxy) is 2. The summed E-state index contributed by atoms with van der Waals surface area (Å²) in [6, 6.07) is 6.59. The molecule has 2 fully saturated rings. The molecule has 1 aliphatic carbocycles. The van der Waals surface area contributed by atoms with Crippen LogP contribution in [-0.2, 0) is 4.74 Å². The topological polar surface area (TPSA) is 30.5 Å². The van der Waals surface area contributed by atoms with Crippen molar-refractivity contribution in [3.8, 4) is 5.75 Å². The van der Waals surface area contributed by atoms with Gasteiger partial charge in [-0.05, 0) is 18.6 Å². The zero-order chi connectivity index (χ0) is 13.6. The maximum atomic E-state index is 5.83. The number of hydrogen-bond acceptors (Lipinski definition) is 3. The molecule has 3 unspecified atom stereocenters. The molecule has 0 radical (unpaired) electrons. The highest BCUT2D eigenvalue weighted by atomic mass is 79.9. The Morgan fingerprint density at radius 1 is 1.37 bits per heavy atom. The zero-order valence-corrected chi connectivity index (χ0v) is 13.2. The fraction of sp³-hybridized carbons (Fsp3) is 0.600. The number of nitrogens with one attached hydrogen (secondary N) is 1. The normalized spacial score (nSPS) is 31.5. The van der Waals surface area contributed by atoms with Gasteiger partial charge in [0.15, 0.2) is 0 Å². The van der Waals surface area contributed by atoms with Crippen LogP contribution in [0.2, 0.25) is 0 Å². The number of benzene rings is 1. The van der Waals surface area contributed by atoms with Crippen molar-refractivity contribution >= 4 is 21.6 Å². The number of hydrogen-bond donors (Lipinski definition) is 1. The van der Waals surface area contributed by atoms with Gasteiger partial charge < -0.3 is 14.8 Å². The molecule has 2 aliphatic rings. The molecule has 0 spiro atoms. The molecule has 1 saturated carbocycles. The van der Waals surface area contributed by atoms with Crippen LogP contribution in [0.25, 0.3) is 0 Å². The predicted octanol–water partition coefficient (Wildman–Crippen LogP) is 3.68. The molecule has 0 amide bonds. The largest absolute Gasteiger partial charge is 0.497 e. The molecule has 1 saturated heterocycles. The van der Waals surface area contributed by atoms with Crippen LogP contribution in [-0.4, -0.2) is 25.9 Å². The molecule has 104 valence electrons. The van der Waals surface area contributed by atoms with Crippen molar-refractivity contribution in [2.24, 2.45) is 11.3 Å². The number of fused-ring (bicyclic) bond motifs is 1. The van der Waals surface area contributed by atoms with Gasteiger partial charge in [0, 0.05) is 40.2 Å². The molecule has 3 rings (SSSR count). The molecule has 1 aromatic rings. The molecule has 3 atom stereocenters. The second kappa shape index (κ2) is 4.67. The van der Waals surface area contributed by atoms with Crippen LogP contribution in [0.3, 0.4) is 0 Å². The highest BCUT2D eigenvalue weighted by Crippen LogP contribution is 2.53. The first kappa shape index (κ1) is 13.3. The summed E-state index contributed by atoms with van der Waals surface area (Å²) in [5.41, 5.74) is 1.30. The average molecular weight is 326 g/mol. The molecular formula is C15H20BrNO2. The molecule has 3 nitrogen and oxygen atoms in total. The first-order valence-corrected chi connectivity index (χ1v) is 7.54. The molecule has 0 aromatic heterocycles. The quantitative estimate of drug-likeness (QED) is 0.919. The summed E-state index contributed by atoms with van der Waals surface area (Å²) in [7, 11) is 1.69. The van der Waals surface area contributed by atoms with E-state index >= 15 is 0 Å². The van der Waals surface area contributed by atoms with Crippen molar-refractivity contribution in [2.45, 2.75) is 32.4 Å². The fourth-order valence-corrected chi connectivity index (χ4v) is 4.03. The first-order chi connectivity index (χ1) is 9.02. The van der Waals surface area contributed by atoms with Crippen LogP contribution in [0.1, 0.15) is 20.3 Å². The summed E-state index contributed by atoms with van der Waals surface area (Å²) in [4.78, 5) is 0. The predicted molar refractivity (Wildman–Crippen MR) is 79.7 cm³/mol. The smallest absolute Gasteiger partial charge is 0.122 e. The average Bonchev–Trinajstić information content (AvgIpc) is 2.82. The van der Waals surface area contributed by atoms with Crippen LogP contribution in [0.15, 0.2) is 22.7 Å². The Morgan fingerprint density at radius 2 is 2.16 bits per heavy atom. The summed E-state index contributed by atoms with van der Waals surface area (Å²) in [6.45, 7) is 5.47. The van der Waals surface area contributed by atoms with E-state index < -0.39 is 0 Å². The summed E-state index contributed by atoms with van der Waals surface area (Å²) in [5.74, 6) is 1.51. The summed E-state index contributed by atoms with van der Waals surface area (Å²) < 4.78 is 12.2. The van der Waals surface area contributed by atoms with Gasteiger partial charge in [-0.2, -0.15) is 0 Å². The van der Waals surface area contributed by atoms with Gasteiger partial charge in [-0.1, -0.05) is 29.8 Å².